The van der Waals surface area contributed by atoms with Crippen LogP contribution in [0.2, 0.25) is 0 Å². The molecule has 1 aliphatic carbocycles. The van der Waals surface area contributed by atoms with Crippen LogP contribution < -0.4 is 15.4 Å². The molecule has 0 radical (unpaired) electrons. The molecule has 0 bridgehead atoms. The van der Waals surface area contributed by atoms with Gasteiger partial charge in [-0.15, -0.1) is 0 Å². The minimum absolute atomic E-state index is 0.0201. The van der Waals surface area contributed by atoms with E-state index in [-0.39, 0.29) is 57.1 Å². The van der Waals surface area contributed by atoms with Crippen molar-refractivity contribution >= 4 is 39.9 Å². The molecule has 1 saturated carbocycles. The number of carbonyl (C=O) groups excluding carboxylic acids is 5. The lowest BCUT2D eigenvalue weighted by Crippen LogP contribution is -2.58. The van der Waals surface area contributed by atoms with Crippen LogP contribution in [0.1, 0.15) is 106 Å². The molecule has 2 aromatic carbocycles. The summed E-state index contributed by atoms with van der Waals surface area (Å²) < 4.78 is 135. The van der Waals surface area contributed by atoms with Crippen LogP contribution in [-0.2, 0) is 65.1 Å². The van der Waals surface area contributed by atoms with Gasteiger partial charge < -0.3 is 25.0 Å². The number of fused-ring (bicyclic) bond motifs is 3. The van der Waals surface area contributed by atoms with Gasteiger partial charge in [-0.2, -0.15) is 26.3 Å². The maximum Gasteiger partial charge on any atom is 0.416 e. The Kier molecular flexibility index (Phi) is 13.4. The third-order valence-corrected chi connectivity index (χ3v) is 12.7. The van der Waals surface area contributed by atoms with E-state index < -0.39 is 116 Å². The monoisotopic (exact) mass is 919 g/mol. The molecule has 2 saturated heterocycles. The zero-order chi connectivity index (χ0) is 46.3. The van der Waals surface area contributed by atoms with Crippen molar-refractivity contribution in [2.24, 2.45) is 5.92 Å². The fourth-order valence-corrected chi connectivity index (χ4v) is 9.48. The molecule has 0 unspecified atom stereocenters. The number of ether oxygens (including phenoxy) is 2. The van der Waals surface area contributed by atoms with E-state index >= 15 is 0 Å². The van der Waals surface area contributed by atoms with Gasteiger partial charge in [0.25, 0.3) is 5.91 Å². The van der Waals surface area contributed by atoms with Crippen LogP contribution in [0.15, 0.2) is 36.4 Å². The first-order valence-electron chi connectivity index (χ1n) is 20.4. The van der Waals surface area contributed by atoms with Gasteiger partial charge in [0.15, 0.2) is 0 Å². The molecule has 63 heavy (non-hydrogen) atoms. The van der Waals surface area contributed by atoms with Gasteiger partial charge in [0.2, 0.25) is 21.8 Å². The number of amides is 5. The van der Waals surface area contributed by atoms with E-state index in [4.69, 9.17) is 9.47 Å². The molecule has 5 amide bonds. The lowest BCUT2D eigenvalue weighted by atomic mass is 10.0. The van der Waals surface area contributed by atoms with Crippen LogP contribution in [0.5, 0.6) is 0 Å². The van der Waals surface area contributed by atoms with E-state index in [9.17, 15) is 63.1 Å². The molecule has 2 aromatic rings. The molecule has 3 aliphatic heterocycles. The zero-order valence-electron chi connectivity index (χ0n) is 34.6. The van der Waals surface area contributed by atoms with Crippen LogP contribution in [0.4, 0.5) is 40.3 Å². The van der Waals surface area contributed by atoms with Gasteiger partial charge in [0, 0.05) is 18.5 Å². The summed E-state index contributed by atoms with van der Waals surface area (Å²) in [4.78, 5) is 71.5. The summed E-state index contributed by atoms with van der Waals surface area (Å²) in [5.41, 5.74) is -6.45. The number of alkyl carbamates (subject to hydrolysis) is 1. The molecular weight excluding hydrogens is 872 g/mol. The van der Waals surface area contributed by atoms with E-state index in [2.05, 4.69) is 10.6 Å². The van der Waals surface area contributed by atoms with E-state index in [0.29, 0.717) is 49.7 Å². The molecule has 3 fully saturated rings. The molecule has 3 N–H and O–H groups in total. The number of carbonyl (C=O) groups is 5. The molecular formula is C41H48F7N5O9S. The van der Waals surface area contributed by atoms with Crippen molar-refractivity contribution in [3.05, 3.63) is 70.0 Å². The molecule has 346 valence electrons. The Hall–Kier alpha value is -5.15. The highest BCUT2D eigenvalue weighted by molar-refractivity contribution is 7.89. The second-order valence-electron chi connectivity index (χ2n) is 17.5. The Balaban J connectivity index is 1.26. The number of benzene rings is 2. The van der Waals surface area contributed by atoms with Gasteiger partial charge in [0.1, 0.15) is 35.1 Å². The predicted octanol–water partition coefficient (Wildman–Crippen LogP) is 6.44. The van der Waals surface area contributed by atoms with Crippen molar-refractivity contribution in [1.82, 2.24) is 25.2 Å². The Morgan fingerprint density at radius 1 is 0.905 bits per heavy atom. The number of hydrogen-bond donors (Lipinski definition) is 3. The van der Waals surface area contributed by atoms with Gasteiger partial charge in [-0.3, -0.25) is 24.0 Å². The van der Waals surface area contributed by atoms with E-state index in [1.165, 1.54) is 17.0 Å². The maximum absolute atomic E-state index is 14.5. The van der Waals surface area contributed by atoms with Crippen LogP contribution in [0, 0.1) is 11.7 Å². The van der Waals surface area contributed by atoms with Gasteiger partial charge in [0.05, 0.1) is 30.0 Å². The minimum atomic E-state index is -5.27. The first-order valence-corrected chi connectivity index (χ1v) is 22.1. The minimum Gasteiger partial charge on any atom is -0.444 e. The lowest BCUT2D eigenvalue weighted by molar-refractivity contribution is -0.143. The number of rotatable bonds is 6. The van der Waals surface area contributed by atoms with E-state index in [0.717, 1.165) is 4.90 Å². The van der Waals surface area contributed by atoms with Crippen molar-refractivity contribution in [2.75, 3.05) is 6.54 Å². The van der Waals surface area contributed by atoms with Crippen molar-refractivity contribution < 1.29 is 72.6 Å². The Morgan fingerprint density at radius 2 is 1.54 bits per heavy atom. The van der Waals surface area contributed by atoms with Gasteiger partial charge in [-0.05, 0) is 81.3 Å². The number of alkyl halides is 6. The van der Waals surface area contributed by atoms with Crippen LogP contribution >= 0.6 is 0 Å². The highest BCUT2D eigenvalue weighted by Crippen LogP contribution is 2.48. The summed E-state index contributed by atoms with van der Waals surface area (Å²) in [6.07, 6.45) is -10.6. The number of nitrogens with zero attached hydrogens (tertiary/aromatic N) is 2. The lowest BCUT2D eigenvalue weighted by Gasteiger charge is -2.30. The summed E-state index contributed by atoms with van der Waals surface area (Å²) in [7, 11) is -5.00. The molecule has 22 heteroatoms. The summed E-state index contributed by atoms with van der Waals surface area (Å²) in [6.45, 7) is 4.41. The quantitative estimate of drug-likeness (QED) is 0.275. The average Bonchev–Trinajstić information content (AvgIpc) is 3.44. The number of sulfonamides is 1. The van der Waals surface area contributed by atoms with Crippen LogP contribution in [0.3, 0.4) is 0 Å². The third kappa shape index (κ3) is 11.5. The molecule has 4 aliphatic rings. The first kappa shape index (κ1) is 47.3. The highest BCUT2D eigenvalue weighted by Gasteiger charge is 2.62. The normalized spacial score (nSPS) is 24.8. The molecule has 6 rings (SSSR count). The van der Waals surface area contributed by atoms with E-state index in [1.807, 2.05) is 0 Å². The summed E-state index contributed by atoms with van der Waals surface area (Å²) in [6, 6.07) is 1.98. The Morgan fingerprint density at radius 3 is 2.16 bits per heavy atom. The molecule has 0 aromatic heterocycles. The average molecular weight is 920 g/mol. The predicted molar refractivity (Wildman–Crippen MR) is 208 cm³/mol. The van der Waals surface area contributed by atoms with Gasteiger partial charge in [-0.1, -0.05) is 44.2 Å². The first-order chi connectivity index (χ1) is 29.2. The van der Waals surface area contributed by atoms with E-state index in [1.54, 1.807) is 31.6 Å². The SMILES string of the molecule is CC(C)(C)OC(=O)N[C@H]1CCCCCCC[C@H]2C[C@@]2(C(=O)NS(=O)(=O)Cc2cc(C(F)(F)F)cc(C(F)(F)F)c2)NC(=O)[C@@H]2C[C@@H](OC(=O)N3Cc4cccc(F)c4C3)CN2C1=O. The van der Waals surface area contributed by atoms with Crippen LogP contribution in [0.25, 0.3) is 0 Å². The fourth-order valence-electron chi connectivity index (χ4n) is 8.34. The largest absolute Gasteiger partial charge is 0.444 e. The van der Waals surface area contributed by atoms with Gasteiger partial charge >= 0.3 is 24.5 Å². The van der Waals surface area contributed by atoms with Crippen LogP contribution in [-0.4, -0.2) is 84.0 Å². The summed E-state index contributed by atoms with van der Waals surface area (Å²) in [5, 5.41) is 5.18. The van der Waals surface area contributed by atoms with Crippen molar-refractivity contribution in [2.45, 2.75) is 139 Å². The number of halogens is 7. The molecule has 14 nitrogen and oxygen atoms in total. The smallest absolute Gasteiger partial charge is 0.416 e. The topological polar surface area (TPSA) is 181 Å². The fraction of sp³-hybridized carbons (Fsp3) is 0.585. The molecule has 5 atom stereocenters. The number of nitrogens with one attached hydrogen (secondary N) is 3. The van der Waals surface area contributed by atoms with Crippen molar-refractivity contribution in [1.29, 1.82) is 0 Å². The second-order valence-corrected chi connectivity index (χ2v) is 19.2. The second kappa shape index (κ2) is 17.8. The summed E-state index contributed by atoms with van der Waals surface area (Å²) in [5.74, 6) is -5.65. The van der Waals surface area contributed by atoms with Gasteiger partial charge in [-0.25, -0.2) is 22.4 Å². The Bertz CT molecular complexity index is 2200. The molecule has 0 spiro atoms. The van der Waals surface area contributed by atoms with Crippen molar-refractivity contribution in [3.63, 3.8) is 0 Å². The zero-order valence-corrected chi connectivity index (χ0v) is 35.4. The standard InChI is InChI=1S/C41H48F7N5O9S/c1-38(2,3)62-36(57)49-31-13-8-6-4-5-7-11-25-18-39(25,35(56)51-63(59,60)22-23-14-26(40(43,44)45)16-27(15-23)41(46,47)48)50-33(54)32-17-28(20-53(32)34(31)55)61-37(58)52-19-24-10-9-12-30(42)29(24)21-52/h9-10,12,14-16,25,28,31-32H,4-8,11,13,17-22H2,1-3H3,(H,49,57)(H,50,54)(H,51,56)/t25-,28+,31-,32-,39+/m0/s1. The Labute approximate surface area is 358 Å². The molecule has 3 heterocycles. The highest BCUT2D eigenvalue weighted by atomic mass is 32.2. The number of hydrogen-bond acceptors (Lipinski definition) is 9. The third-order valence-electron chi connectivity index (χ3n) is 11.4. The maximum atomic E-state index is 14.5. The van der Waals surface area contributed by atoms with Crippen molar-refractivity contribution in [3.8, 4) is 0 Å². The summed E-state index contributed by atoms with van der Waals surface area (Å²) >= 11 is 0.